The molecule has 0 fully saturated rings. The van der Waals surface area contributed by atoms with E-state index in [0.717, 1.165) is 11.5 Å². The Morgan fingerprint density at radius 2 is 1.33 bits per heavy atom. The number of hydrogen-bond donors (Lipinski definition) is 0. The molecule has 0 atom stereocenters. The first-order valence-corrected chi connectivity index (χ1v) is 3.05. The Hall–Kier alpha value is -0.600. The maximum Gasteiger partial charge on any atom is 0.122 e. The molecule has 0 spiro atoms. The summed E-state index contributed by atoms with van der Waals surface area (Å²) in [6.45, 7) is 0. The van der Waals surface area contributed by atoms with Crippen LogP contribution in [-0.4, -0.2) is 14.2 Å². The quantitative estimate of drug-likeness (QED) is 0.748. The van der Waals surface area contributed by atoms with Gasteiger partial charge in [0.05, 0.1) is 14.2 Å². The fourth-order valence-corrected chi connectivity index (χ4v) is 0.728. The highest BCUT2D eigenvalue weighted by atomic mass is 35.5. The summed E-state index contributed by atoms with van der Waals surface area (Å²) >= 11 is 0. The molecule has 0 aliphatic rings. The highest BCUT2D eigenvalue weighted by molar-refractivity contribution is 5.85. The van der Waals surface area contributed by atoms with Crippen molar-refractivity contribution < 1.29 is 9.47 Å². The van der Waals surface area contributed by atoms with Crippen molar-refractivity contribution >= 4 is 24.8 Å². The Labute approximate surface area is 84.7 Å². The average Bonchev–Trinajstić information content (AvgIpc) is 2.05. The molecule has 1 rings (SSSR count). The van der Waals surface area contributed by atoms with Gasteiger partial charge in [0.15, 0.2) is 0 Å². The van der Waals surface area contributed by atoms with Crippen LogP contribution in [0.25, 0.3) is 0 Å². The van der Waals surface area contributed by atoms with Gasteiger partial charge in [-0.05, 0) is 12.1 Å². The van der Waals surface area contributed by atoms with Crippen LogP contribution < -0.4 is 9.47 Å². The number of halogens is 2. The summed E-state index contributed by atoms with van der Waals surface area (Å²) in [4.78, 5) is 0. The second-order valence-electron chi connectivity index (χ2n) is 1.88. The summed E-state index contributed by atoms with van der Waals surface area (Å²) in [7, 11) is 3.27. The molecule has 0 bridgehead atoms. The number of methoxy groups -OCH3 is 2. The molecule has 2 nitrogen and oxygen atoms in total. The molecule has 0 N–H and O–H groups in total. The van der Waals surface area contributed by atoms with Crippen LogP contribution in [0, 0.1) is 0 Å². The third kappa shape index (κ3) is 3.69. The van der Waals surface area contributed by atoms with E-state index in [0.29, 0.717) is 0 Å². The maximum atomic E-state index is 4.98. The highest BCUT2D eigenvalue weighted by Crippen LogP contribution is 2.17. The summed E-state index contributed by atoms with van der Waals surface area (Å²) < 4.78 is 9.95. The topological polar surface area (TPSA) is 18.5 Å². The Morgan fingerprint density at radius 3 is 1.67 bits per heavy atom. The molecule has 1 aromatic carbocycles. The smallest absolute Gasteiger partial charge is 0.122 e. The minimum absolute atomic E-state index is 0. The predicted molar refractivity (Wildman–Crippen MR) is 54.0 cm³/mol. The molecular formula is C8H12Cl2O2. The average molecular weight is 211 g/mol. The van der Waals surface area contributed by atoms with Crippen molar-refractivity contribution in [3.63, 3.8) is 0 Å². The fourth-order valence-electron chi connectivity index (χ4n) is 0.728. The van der Waals surface area contributed by atoms with E-state index in [9.17, 15) is 0 Å². The van der Waals surface area contributed by atoms with Gasteiger partial charge in [-0.3, -0.25) is 0 Å². The number of hydrogen-bond acceptors (Lipinski definition) is 2. The van der Waals surface area contributed by atoms with E-state index in [1.54, 1.807) is 14.2 Å². The lowest BCUT2D eigenvalue weighted by Gasteiger charge is -2.01. The minimum atomic E-state index is 0. The van der Waals surface area contributed by atoms with Gasteiger partial charge in [0.2, 0.25) is 0 Å². The molecule has 12 heavy (non-hydrogen) atoms. The SMILES string of the molecule is COc1cccc(OC)c1.Cl.Cl. The molecule has 0 aliphatic carbocycles. The van der Waals surface area contributed by atoms with Crippen molar-refractivity contribution in [1.29, 1.82) is 0 Å². The van der Waals surface area contributed by atoms with Crippen LogP contribution in [0.3, 0.4) is 0 Å². The lowest BCUT2D eigenvalue weighted by Crippen LogP contribution is -1.84. The largest absolute Gasteiger partial charge is 0.497 e. The van der Waals surface area contributed by atoms with Gasteiger partial charge in [0.25, 0.3) is 0 Å². The van der Waals surface area contributed by atoms with E-state index in [1.165, 1.54) is 0 Å². The van der Waals surface area contributed by atoms with Crippen molar-refractivity contribution in [2.75, 3.05) is 14.2 Å². The molecular weight excluding hydrogens is 199 g/mol. The molecule has 0 saturated carbocycles. The van der Waals surface area contributed by atoms with Crippen LogP contribution in [0.5, 0.6) is 11.5 Å². The summed E-state index contributed by atoms with van der Waals surface area (Å²) in [6.07, 6.45) is 0. The molecule has 70 valence electrons. The highest BCUT2D eigenvalue weighted by Gasteiger charge is 1.91. The minimum Gasteiger partial charge on any atom is -0.497 e. The monoisotopic (exact) mass is 210 g/mol. The van der Waals surface area contributed by atoms with Gasteiger partial charge in [-0.1, -0.05) is 6.07 Å². The van der Waals surface area contributed by atoms with Crippen molar-refractivity contribution in [2.45, 2.75) is 0 Å². The van der Waals surface area contributed by atoms with Gasteiger partial charge in [-0.25, -0.2) is 0 Å². The molecule has 0 saturated heterocycles. The van der Waals surface area contributed by atoms with Crippen LogP contribution in [0.1, 0.15) is 0 Å². The van der Waals surface area contributed by atoms with Crippen LogP contribution in [0.15, 0.2) is 24.3 Å². The standard InChI is InChI=1S/C8H10O2.2ClH/c1-9-7-4-3-5-8(6-7)10-2;;/h3-6H,1-2H3;2*1H. The lowest BCUT2D eigenvalue weighted by molar-refractivity contribution is 0.394. The van der Waals surface area contributed by atoms with Crippen molar-refractivity contribution in [2.24, 2.45) is 0 Å². The summed E-state index contributed by atoms with van der Waals surface area (Å²) in [5.41, 5.74) is 0. The Kier molecular flexibility index (Phi) is 8.22. The third-order valence-corrected chi connectivity index (χ3v) is 1.28. The summed E-state index contributed by atoms with van der Waals surface area (Å²) in [5.74, 6) is 1.64. The third-order valence-electron chi connectivity index (χ3n) is 1.28. The number of ether oxygens (including phenoxy) is 2. The van der Waals surface area contributed by atoms with Crippen molar-refractivity contribution in [1.82, 2.24) is 0 Å². The second-order valence-corrected chi connectivity index (χ2v) is 1.88. The van der Waals surface area contributed by atoms with Gasteiger partial charge in [-0.2, -0.15) is 0 Å². The van der Waals surface area contributed by atoms with E-state index < -0.39 is 0 Å². The molecule has 0 unspecified atom stereocenters. The Morgan fingerprint density at radius 1 is 0.917 bits per heavy atom. The first-order valence-electron chi connectivity index (χ1n) is 3.05. The number of benzene rings is 1. The molecule has 1 aromatic rings. The van der Waals surface area contributed by atoms with Gasteiger partial charge in [0.1, 0.15) is 11.5 Å². The molecule has 0 aromatic heterocycles. The second kappa shape index (κ2) is 7.07. The van der Waals surface area contributed by atoms with E-state index in [-0.39, 0.29) is 24.8 Å². The Bertz CT molecular complexity index is 197. The van der Waals surface area contributed by atoms with E-state index in [2.05, 4.69) is 0 Å². The molecule has 0 radical (unpaired) electrons. The first-order chi connectivity index (χ1) is 4.86. The van der Waals surface area contributed by atoms with E-state index in [1.807, 2.05) is 24.3 Å². The van der Waals surface area contributed by atoms with Crippen molar-refractivity contribution in [3.05, 3.63) is 24.3 Å². The van der Waals surface area contributed by atoms with Gasteiger partial charge in [-0.15, -0.1) is 24.8 Å². The zero-order chi connectivity index (χ0) is 7.40. The molecule has 0 heterocycles. The van der Waals surface area contributed by atoms with Crippen LogP contribution in [0.4, 0.5) is 0 Å². The first kappa shape index (κ1) is 14.0. The van der Waals surface area contributed by atoms with Gasteiger partial charge in [0, 0.05) is 6.07 Å². The van der Waals surface area contributed by atoms with Gasteiger partial charge >= 0.3 is 0 Å². The van der Waals surface area contributed by atoms with E-state index >= 15 is 0 Å². The molecule has 0 aliphatic heterocycles. The maximum absolute atomic E-state index is 4.98. The fraction of sp³-hybridized carbons (Fsp3) is 0.250. The number of rotatable bonds is 2. The molecule has 0 amide bonds. The van der Waals surface area contributed by atoms with Crippen molar-refractivity contribution in [3.8, 4) is 11.5 Å². The predicted octanol–water partition coefficient (Wildman–Crippen LogP) is 2.55. The van der Waals surface area contributed by atoms with Crippen LogP contribution in [-0.2, 0) is 0 Å². The van der Waals surface area contributed by atoms with Gasteiger partial charge < -0.3 is 9.47 Å². The van der Waals surface area contributed by atoms with E-state index in [4.69, 9.17) is 9.47 Å². The zero-order valence-electron chi connectivity index (χ0n) is 6.94. The molecule has 4 heteroatoms. The summed E-state index contributed by atoms with van der Waals surface area (Å²) in [5, 5.41) is 0. The zero-order valence-corrected chi connectivity index (χ0v) is 8.58. The Balaban J connectivity index is 0. The summed E-state index contributed by atoms with van der Waals surface area (Å²) in [6, 6.07) is 7.47. The normalized spacial score (nSPS) is 7.50. The van der Waals surface area contributed by atoms with Crippen LogP contribution >= 0.6 is 24.8 Å². The van der Waals surface area contributed by atoms with Crippen LogP contribution in [0.2, 0.25) is 0 Å². The lowest BCUT2D eigenvalue weighted by atomic mass is 10.3.